The van der Waals surface area contributed by atoms with Crippen LogP contribution in [0, 0.1) is 10.6 Å². The van der Waals surface area contributed by atoms with Gasteiger partial charge in [0.05, 0.1) is 16.8 Å². The average Bonchev–Trinajstić information content (AvgIpc) is 2.24. The van der Waals surface area contributed by atoms with Crippen molar-refractivity contribution >= 4 is 22.6 Å². The van der Waals surface area contributed by atoms with Gasteiger partial charge in [0.1, 0.15) is 3.70 Å². The zero-order valence-electron chi connectivity index (χ0n) is 8.61. The molecule has 0 fully saturated rings. The molecule has 0 radical (unpaired) electrons. The van der Waals surface area contributed by atoms with Crippen LogP contribution in [-0.4, -0.2) is 9.78 Å². The number of hydrogen-bond acceptors (Lipinski definition) is 1. The maximum absolute atomic E-state index is 12.6. The van der Waals surface area contributed by atoms with E-state index in [1.54, 1.807) is 11.6 Å². The summed E-state index contributed by atoms with van der Waals surface area (Å²) in [7, 11) is 0. The molecule has 5 heteroatoms. The molecule has 80 valence electrons. The van der Waals surface area contributed by atoms with E-state index in [2.05, 4.69) is 5.10 Å². The van der Waals surface area contributed by atoms with Crippen molar-refractivity contribution in [2.24, 2.45) is 0 Å². The normalized spacial score (nSPS) is 12.6. The molecule has 0 bridgehead atoms. The first-order chi connectivity index (χ1) is 6.25. The number of halogens is 3. The van der Waals surface area contributed by atoms with Crippen LogP contribution in [0.5, 0.6) is 0 Å². The standard InChI is InChI=1S/C9H13F2IN2/c1-5-6(7(10)11)8(12)14(13-5)9(2,3)4/h7H,1-4H3. The Morgan fingerprint density at radius 3 is 2.07 bits per heavy atom. The van der Waals surface area contributed by atoms with Gasteiger partial charge in [-0.1, -0.05) is 0 Å². The summed E-state index contributed by atoms with van der Waals surface area (Å²) >= 11 is 1.92. The van der Waals surface area contributed by atoms with Crippen molar-refractivity contribution in [2.75, 3.05) is 0 Å². The largest absolute Gasteiger partial charge is 0.268 e. The van der Waals surface area contributed by atoms with Crippen molar-refractivity contribution in [3.05, 3.63) is 15.0 Å². The lowest BCUT2D eigenvalue weighted by Gasteiger charge is -2.20. The molecule has 0 N–H and O–H groups in total. The predicted molar refractivity (Wildman–Crippen MR) is 59.6 cm³/mol. The van der Waals surface area contributed by atoms with Gasteiger partial charge in [0, 0.05) is 0 Å². The number of aromatic nitrogens is 2. The van der Waals surface area contributed by atoms with E-state index in [0.29, 0.717) is 9.39 Å². The average molecular weight is 314 g/mol. The van der Waals surface area contributed by atoms with Crippen molar-refractivity contribution < 1.29 is 8.78 Å². The van der Waals surface area contributed by atoms with E-state index in [1.165, 1.54) is 0 Å². The Morgan fingerprint density at radius 2 is 1.86 bits per heavy atom. The van der Waals surface area contributed by atoms with Gasteiger partial charge < -0.3 is 0 Å². The van der Waals surface area contributed by atoms with E-state index >= 15 is 0 Å². The highest BCUT2D eigenvalue weighted by molar-refractivity contribution is 14.1. The Hall–Kier alpha value is -0.200. The highest BCUT2D eigenvalue weighted by Crippen LogP contribution is 2.30. The van der Waals surface area contributed by atoms with Crippen molar-refractivity contribution in [1.29, 1.82) is 0 Å². The zero-order valence-corrected chi connectivity index (χ0v) is 10.8. The fourth-order valence-corrected chi connectivity index (χ4v) is 2.66. The molecule has 0 saturated carbocycles. The number of alkyl halides is 2. The third-order valence-corrected chi connectivity index (χ3v) is 2.94. The van der Waals surface area contributed by atoms with Crippen LogP contribution in [0.1, 0.15) is 38.5 Å². The third-order valence-electron chi connectivity index (χ3n) is 1.90. The van der Waals surface area contributed by atoms with Crippen molar-refractivity contribution in [1.82, 2.24) is 9.78 Å². The minimum Gasteiger partial charge on any atom is -0.253 e. The minimum absolute atomic E-state index is 0.0560. The lowest BCUT2D eigenvalue weighted by Crippen LogP contribution is -2.24. The topological polar surface area (TPSA) is 17.8 Å². The minimum atomic E-state index is -2.45. The molecule has 1 aromatic heterocycles. The summed E-state index contributed by atoms with van der Waals surface area (Å²) in [5, 5.41) is 4.13. The van der Waals surface area contributed by atoms with Gasteiger partial charge in [0.2, 0.25) is 0 Å². The molecule has 0 amide bonds. The van der Waals surface area contributed by atoms with Crippen LogP contribution >= 0.6 is 22.6 Å². The maximum Gasteiger partial charge on any atom is 0.268 e. The predicted octanol–water partition coefficient (Wildman–Crippen LogP) is 3.49. The van der Waals surface area contributed by atoms with E-state index < -0.39 is 6.43 Å². The SMILES string of the molecule is Cc1nn(C(C)(C)C)c(I)c1C(F)F. The summed E-state index contributed by atoms with van der Waals surface area (Å²) < 4.78 is 27.4. The van der Waals surface area contributed by atoms with E-state index in [4.69, 9.17) is 0 Å². The molecule has 1 rings (SSSR count). The second-order valence-electron chi connectivity index (χ2n) is 4.17. The van der Waals surface area contributed by atoms with Gasteiger partial charge in [-0.3, -0.25) is 4.68 Å². The molecule has 1 aromatic rings. The van der Waals surface area contributed by atoms with Gasteiger partial charge in [-0.15, -0.1) is 0 Å². The van der Waals surface area contributed by atoms with Gasteiger partial charge in [-0.25, -0.2) is 8.78 Å². The van der Waals surface area contributed by atoms with Crippen LogP contribution in [0.2, 0.25) is 0 Å². The number of aryl methyl sites for hydroxylation is 1. The molecule has 0 aliphatic heterocycles. The summed E-state index contributed by atoms with van der Waals surface area (Å²) in [5.74, 6) is 0. The first kappa shape index (κ1) is 11.9. The quantitative estimate of drug-likeness (QED) is 0.726. The van der Waals surface area contributed by atoms with Crippen molar-refractivity contribution in [2.45, 2.75) is 39.7 Å². The lowest BCUT2D eigenvalue weighted by atomic mass is 10.1. The van der Waals surface area contributed by atoms with Crippen LogP contribution < -0.4 is 0 Å². The second kappa shape index (κ2) is 3.75. The Labute approximate surface area is 95.8 Å². The molecule has 0 spiro atoms. The van der Waals surface area contributed by atoms with Gasteiger partial charge in [0.25, 0.3) is 6.43 Å². The summed E-state index contributed by atoms with van der Waals surface area (Å²) in [6.45, 7) is 7.44. The Bertz CT molecular complexity index is 339. The summed E-state index contributed by atoms with van der Waals surface area (Å²) in [6.07, 6.45) is -2.45. The molecule has 1 heterocycles. The first-order valence-electron chi connectivity index (χ1n) is 4.28. The highest BCUT2D eigenvalue weighted by atomic mass is 127. The number of nitrogens with zero attached hydrogens (tertiary/aromatic N) is 2. The fourth-order valence-electron chi connectivity index (χ4n) is 1.20. The zero-order chi connectivity index (χ0) is 11.1. The highest BCUT2D eigenvalue weighted by Gasteiger charge is 2.26. The van der Waals surface area contributed by atoms with Crippen molar-refractivity contribution in [3.8, 4) is 0 Å². The maximum atomic E-state index is 12.6. The molecular formula is C9H13F2IN2. The van der Waals surface area contributed by atoms with E-state index in [-0.39, 0.29) is 11.1 Å². The fraction of sp³-hybridized carbons (Fsp3) is 0.667. The molecule has 14 heavy (non-hydrogen) atoms. The second-order valence-corrected chi connectivity index (χ2v) is 5.20. The van der Waals surface area contributed by atoms with Crippen LogP contribution in [0.3, 0.4) is 0 Å². The number of hydrogen-bond donors (Lipinski definition) is 0. The van der Waals surface area contributed by atoms with E-state index in [9.17, 15) is 8.78 Å². The molecule has 0 saturated heterocycles. The first-order valence-corrected chi connectivity index (χ1v) is 5.36. The summed E-state index contributed by atoms with van der Waals surface area (Å²) in [5.41, 5.74) is 0.217. The van der Waals surface area contributed by atoms with Crippen molar-refractivity contribution in [3.63, 3.8) is 0 Å². The van der Waals surface area contributed by atoms with E-state index in [1.807, 2.05) is 43.4 Å². The van der Waals surface area contributed by atoms with Crippen LogP contribution in [0.15, 0.2) is 0 Å². The molecule has 0 aromatic carbocycles. The van der Waals surface area contributed by atoms with Gasteiger partial charge in [0.15, 0.2) is 0 Å². The molecule has 0 aliphatic carbocycles. The van der Waals surface area contributed by atoms with Crippen LogP contribution in [0.25, 0.3) is 0 Å². The third kappa shape index (κ3) is 2.07. The number of rotatable bonds is 1. The van der Waals surface area contributed by atoms with Gasteiger partial charge in [-0.05, 0) is 50.3 Å². The smallest absolute Gasteiger partial charge is 0.253 e. The van der Waals surface area contributed by atoms with E-state index in [0.717, 1.165) is 0 Å². The summed E-state index contributed by atoms with van der Waals surface area (Å²) in [4.78, 5) is 0. The summed E-state index contributed by atoms with van der Waals surface area (Å²) in [6, 6.07) is 0. The molecule has 0 atom stereocenters. The van der Waals surface area contributed by atoms with Crippen LogP contribution in [0.4, 0.5) is 8.78 Å². The Kier molecular flexibility index (Phi) is 3.18. The monoisotopic (exact) mass is 314 g/mol. The molecule has 0 aliphatic rings. The Morgan fingerprint density at radius 1 is 1.36 bits per heavy atom. The molecular weight excluding hydrogens is 301 g/mol. The molecule has 0 unspecified atom stereocenters. The van der Waals surface area contributed by atoms with Gasteiger partial charge in [-0.2, -0.15) is 5.10 Å². The Balaban J connectivity index is 3.31. The van der Waals surface area contributed by atoms with Crippen LogP contribution in [-0.2, 0) is 5.54 Å². The molecule has 2 nitrogen and oxygen atoms in total. The van der Waals surface area contributed by atoms with Gasteiger partial charge >= 0.3 is 0 Å². The lowest BCUT2D eigenvalue weighted by molar-refractivity contribution is 0.149.